The molecular weight excluding hydrogens is 276 g/mol. The molecule has 0 bridgehead atoms. The lowest BCUT2D eigenvalue weighted by Gasteiger charge is -2.18. The molecule has 0 atom stereocenters. The van der Waals surface area contributed by atoms with Gasteiger partial charge in [-0.3, -0.25) is 4.98 Å². The van der Waals surface area contributed by atoms with Gasteiger partial charge in [0.25, 0.3) is 0 Å². The highest BCUT2D eigenvalue weighted by Gasteiger charge is 2.04. The Bertz CT molecular complexity index is 545. The Hall–Kier alpha value is -2.21. The highest BCUT2D eigenvalue weighted by molar-refractivity contribution is 5.41. The van der Waals surface area contributed by atoms with Crippen LogP contribution in [0.15, 0.2) is 36.8 Å². The Morgan fingerprint density at radius 3 is 2.91 bits per heavy atom. The van der Waals surface area contributed by atoms with E-state index in [2.05, 4.69) is 38.3 Å². The number of rotatable bonds is 9. The molecule has 0 fully saturated rings. The zero-order valence-corrected chi connectivity index (χ0v) is 13.1. The number of nitrogens with zero attached hydrogens (tertiary/aromatic N) is 4. The standard InChI is InChI=1S/C16H24N6/c1-22(12-3-2-5-14-6-4-9-18-13-14)15-7-10-19-16(21-15)20-11-8-17/h4,6-7,9-10,13H,2-3,5,8,11-12,17H2,1H3,(H,19,20,21). The molecular formula is C16H24N6. The van der Waals surface area contributed by atoms with Crippen molar-refractivity contribution in [1.29, 1.82) is 0 Å². The second-order valence-electron chi connectivity index (χ2n) is 5.19. The van der Waals surface area contributed by atoms with Crippen LogP contribution in [-0.4, -0.2) is 41.6 Å². The van der Waals surface area contributed by atoms with Crippen LogP contribution in [-0.2, 0) is 6.42 Å². The van der Waals surface area contributed by atoms with Crippen LogP contribution in [0.3, 0.4) is 0 Å². The summed E-state index contributed by atoms with van der Waals surface area (Å²) in [7, 11) is 2.05. The number of nitrogens with one attached hydrogen (secondary N) is 1. The maximum absolute atomic E-state index is 5.47. The van der Waals surface area contributed by atoms with Gasteiger partial charge in [0.15, 0.2) is 0 Å². The molecule has 0 spiro atoms. The van der Waals surface area contributed by atoms with E-state index in [0.717, 1.165) is 31.6 Å². The van der Waals surface area contributed by atoms with Crippen LogP contribution in [0.1, 0.15) is 18.4 Å². The number of pyridine rings is 1. The molecule has 22 heavy (non-hydrogen) atoms. The summed E-state index contributed by atoms with van der Waals surface area (Å²) in [6, 6.07) is 6.03. The Kier molecular flexibility index (Phi) is 6.57. The maximum atomic E-state index is 5.47. The zero-order valence-electron chi connectivity index (χ0n) is 13.1. The molecule has 0 aliphatic heterocycles. The van der Waals surface area contributed by atoms with E-state index in [-0.39, 0.29) is 0 Å². The third-order valence-corrected chi connectivity index (χ3v) is 3.39. The number of aromatic nitrogens is 3. The number of unbranched alkanes of at least 4 members (excludes halogenated alkanes) is 1. The van der Waals surface area contributed by atoms with Gasteiger partial charge < -0.3 is 16.0 Å². The number of anilines is 2. The molecule has 2 aromatic rings. The zero-order chi connectivity index (χ0) is 15.6. The Labute approximate surface area is 131 Å². The van der Waals surface area contributed by atoms with Gasteiger partial charge in [-0.05, 0) is 37.0 Å². The van der Waals surface area contributed by atoms with Gasteiger partial charge in [0, 0.05) is 45.3 Å². The lowest BCUT2D eigenvalue weighted by molar-refractivity contribution is 0.713. The monoisotopic (exact) mass is 300 g/mol. The van der Waals surface area contributed by atoms with Crippen LogP contribution in [0.5, 0.6) is 0 Å². The summed E-state index contributed by atoms with van der Waals surface area (Å²) in [6.07, 6.45) is 8.83. The molecule has 0 saturated heterocycles. The van der Waals surface area contributed by atoms with Gasteiger partial charge in [0.05, 0.1) is 0 Å². The van der Waals surface area contributed by atoms with Crippen molar-refractivity contribution in [3.05, 3.63) is 42.4 Å². The molecule has 0 amide bonds. The molecule has 0 aliphatic rings. The summed E-state index contributed by atoms with van der Waals surface area (Å²) in [4.78, 5) is 15.0. The van der Waals surface area contributed by atoms with Crippen LogP contribution in [0, 0.1) is 0 Å². The molecule has 0 radical (unpaired) electrons. The van der Waals surface area contributed by atoms with Crippen molar-refractivity contribution in [3.8, 4) is 0 Å². The molecule has 2 aromatic heterocycles. The van der Waals surface area contributed by atoms with Crippen LogP contribution >= 0.6 is 0 Å². The highest BCUT2D eigenvalue weighted by atomic mass is 15.2. The quantitative estimate of drug-likeness (QED) is 0.686. The van der Waals surface area contributed by atoms with Crippen molar-refractivity contribution < 1.29 is 0 Å². The summed E-state index contributed by atoms with van der Waals surface area (Å²) in [5.41, 5.74) is 6.76. The van der Waals surface area contributed by atoms with E-state index in [4.69, 9.17) is 5.73 Å². The molecule has 0 aliphatic carbocycles. The molecule has 2 rings (SSSR count). The summed E-state index contributed by atoms with van der Waals surface area (Å²) in [5, 5.41) is 3.10. The van der Waals surface area contributed by atoms with E-state index in [1.54, 1.807) is 6.20 Å². The average Bonchev–Trinajstić information content (AvgIpc) is 2.58. The van der Waals surface area contributed by atoms with Gasteiger partial charge in [-0.15, -0.1) is 0 Å². The lowest BCUT2D eigenvalue weighted by atomic mass is 10.1. The van der Waals surface area contributed by atoms with Gasteiger partial charge in [-0.2, -0.15) is 4.98 Å². The minimum Gasteiger partial charge on any atom is -0.360 e. The Morgan fingerprint density at radius 2 is 2.14 bits per heavy atom. The molecule has 2 heterocycles. The minimum absolute atomic E-state index is 0.567. The predicted molar refractivity (Wildman–Crippen MR) is 90.0 cm³/mol. The van der Waals surface area contributed by atoms with E-state index in [1.807, 2.05) is 24.5 Å². The molecule has 0 saturated carbocycles. The number of aryl methyl sites for hydroxylation is 1. The molecule has 6 heteroatoms. The van der Waals surface area contributed by atoms with Gasteiger partial charge in [-0.25, -0.2) is 4.98 Å². The summed E-state index contributed by atoms with van der Waals surface area (Å²) >= 11 is 0. The first-order chi connectivity index (χ1) is 10.8. The van der Waals surface area contributed by atoms with Crippen LogP contribution in [0.2, 0.25) is 0 Å². The first-order valence-corrected chi connectivity index (χ1v) is 7.66. The molecule has 118 valence electrons. The van der Waals surface area contributed by atoms with Gasteiger partial charge in [-0.1, -0.05) is 6.07 Å². The van der Waals surface area contributed by atoms with Gasteiger partial charge in [0.1, 0.15) is 5.82 Å². The van der Waals surface area contributed by atoms with Crippen LogP contribution in [0.25, 0.3) is 0 Å². The number of hydrogen-bond acceptors (Lipinski definition) is 6. The van der Waals surface area contributed by atoms with Crippen molar-refractivity contribution in [3.63, 3.8) is 0 Å². The van der Waals surface area contributed by atoms with Crippen molar-refractivity contribution in [1.82, 2.24) is 15.0 Å². The third kappa shape index (κ3) is 5.29. The number of nitrogens with two attached hydrogens (primary N) is 1. The fourth-order valence-electron chi connectivity index (χ4n) is 2.17. The van der Waals surface area contributed by atoms with Crippen LogP contribution < -0.4 is 16.0 Å². The van der Waals surface area contributed by atoms with Crippen LogP contribution in [0.4, 0.5) is 11.8 Å². The molecule has 3 N–H and O–H groups in total. The van der Waals surface area contributed by atoms with Crippen molar-refractivity contribution in [2.24, 2.45) is 5.73 Å². The van der Waals surface area contributed by atoms with E-state index >= 15 is 0 Å². The number of hydrogen-bond donors (Lipinski definition) is 2. The molecule has 6 nitrogen and oxygen atoms in total. The fraction of sp³-hybridized carbons (Fsp3) is 0.438. The second kappa shape index (κ2) is 8.94. The molecule has 0 unspecified atom stereocenters. The van der Waals surface area contributed by atoms with Gasteiger partial charge >= 0.3 is 0 Å². The van der Waals surface area contributed by atoms with Crippen molar-refractivity contribution >= 4 is 11.8 Å². The predicted octanol–water partition coefficient (Wildman–Crippen LogP) is 1.70. The highest BCUT2D eigenvalue weighted by Crippen LogP contribution is 2.12. The first kappa shape index (κ1) is 16.2. The summed E-state index contributed by atoms with van der Waals surface area (Å²) in [5.74, 6) is 1.56. The SMILES string of the molecule is CN(CCCCc1cccnc1)c1ccnc(NCCN)n1. The molecule has 0 aromatic carbocycles. The van der Waals surface area contributed by atoms with E-state index in [1.165, 1.54) is 5.56 Å². The second-order valence-corrected chi connectivity index (χ2v) is 5.19. The van der Waals surface area contributed by atoms with E-state index in [9.17, 15) is 0 Å². The minimum atomic E-state index is 0.567. The topological polar surface area (TPSA) is 80.0 Å². The summed E-state index contributed by atoms with van der Waals surface area (Å²) < 4.78 is 0. The van der Waals surface area contributed by atoms with E-state index in [0.29, 0.717) is 19.0 Å². The smallest absolute Gasteiger partial charge is 0.224 e. The van der Waals surface area contributed by atoms with Gasteiger partial charge in [0.2, 0.25) is 5.95 Å². The van der Waals surface area contributed by atoms with Crippen molar-refractivity contribution in [2.45, 2.75) is 19.3 Å². The Morgan fingerprint density at radius 1 is 1.23 bits per heavy atom. The normalized spacial score (nSPS) is 10.5. The average molecular weight is 300 g/mol. The fourth-order valence-corrected chi connectivity index (χ4v) is 2.17. The largest absolute Gasteiger partial charge is 0.360 e. The first-order valence-electron chi connectivity index (χ1n) is 7.66. The summed E-state index contributed by atoms with van der Waals surface area (Å²) in [6.45, 7) is 2.21. The maximum Gasteiger partial charge on any atom is 0.224 e. The Balaban J connectivity index is 1.75. The lowest BCUT2D eigenvalue weighted by Crippen LogP contribution is -2.21. The van der Waals surface area contributed by atoms with Crippen molar-refractivity contribution in [2.75, 3.05) is 36.9 Å². The third-order valence-electron chi connectivity index (χ3n) is 3.39. The van der Waals surface area contributed by atoms with E-state index < -0.39 is 0 Å².